The second kappa shape index (κ2) is 4.55. The third-order valence-electron chi connectivity index (χ3n) is 1.16. The van der Waals surface area contributed by atoms with Crippen LogP contribution in [0.25, 0.3) is 0 Å². The second-order valence-electron chi connectivity index (χ2n) is 1.94. The summed E-state index contributed by atoms with van der Waals surface area (Å²) in [5.74, 6) is 0.980. The van der Waals surface area contributed by atoms with Gasteiger partial charge in [0.05, 0.1) is 0 Å². The Bertz CT molecular complexity index is 221. The zero-order chi connectivity index (χ0) is 8.85. The maximum Gasteiger partial charge on any atom is 0.128 e. The Hall–Kier alpha value is -1.25. The molecule has 0 aliphatic heterocycles. The van der Waals surface area contributed by atoms with E-state index in [1.165, 1.54) is 0 Å². The van der Waals surface area contributed by atoms with Crippen LogP contribution in [-0.2, 0) is 0 Å². The molecule has 4 N–H and O–H groups in total. The third-order valence-corrected chi connectivity index (χ3v) is 1.16. The van der Waals surface area contributed by atoms with Crippen molar-refractivity contribution in [3.8, 4) is 0 Å². The van der Waals surface area contributed by atoms with E-state index in [-0.39, 0.29) is 0 Å². The van der Waals surface area contributed by atoms with E-state index in [2.05, 4.69) is 4.98 Å². The Kier molecular flexibility index (Phi) is 4.03. The van der Waals surface area contributed by atoms with Gasteiger partial charge in [-0.2, -0.15) is 0 Å². The van der Waals surface area contributed by atoms with E-state index >= 15 is 0 Å². The molecule has 0 amide bonds. The highest BCUT2D eigenvalue weighted by Crippen LogP contribution is 2.07. The van der Waals surface area contributed by atoms with Gasteiger partial charge < -0.3 is 11.5 Å². The molecule has 0 spiro atoms. The van der Waals surface area contributed by atoms with Gasteiger partial charge in [0, 0.05) is 0 Å². The highest BCUT2D eigenvalue weighted by Gasteiger charge is 1.91. The van der Waals surface area contributed by atoms with E-state index in [1.807, 2.05) is 26.8 Å². The molecule has 0 saturated heterocycles. The van der Waals surface area contributed by atoms with Crippen LogP contribution in [0.15, 0.2) is 12.1 Å². The summed E-state index contributed by atoms with van der Waals surface area (Å²) in [7, 11) is 0. The number of hydrogen-bond acceptors (Lipinski definition) is 3. The quantitative estimate of drug-likeness (QED) is 0.594. The van der Waals surface area contributed by atoms with Crippen molar-refractivity contribution < 1.29 is 0 Å². The molecule has 62 valence electrons. The molecule has 1 heterocycles. The van der Waals surface area contributed by atoms with Crippen molar-refractivity contribution in [3.63, 3.8) is 0 Å². The number of aryl methyl sites for hydroxylation is 1. The van der Waals surface area contributed by atoms with Crippen LogP contribution in [0.5, 0.6) is 0 Å². The Morgan fingerprint density at radius 3 is 2.09 bits per heavy atom. The molecule has 3 heteroatoms. The average molecular weight is 153 g/mol. The minimum absolute atomic E-state index is 0.470. The molecule has 0 aliphatic rings. The molecule has 11 heavy (non-hydrogen) atoms. The first kappa shape index (κ1) is 9.75. The molecular formula is C8H15N3. The zero-order valence-electron chi connectivity index (χ0n) is 7.26. The molecule has 0 fully saturated rings. The Morgan fingerprint density at radius 2 is 1.73 bits per heavy atom. The fraction of sp³-hybridized carbons (Fsp3) is 0.375. The van der Waals surface area contributed by atoms with Crippen molar-refractivity contribution in [2.75, 3.05) is 11.5 Å². The summed E-state index contributed by atoms with van der Waals surface area (Å²) in [5, 5.41) is 0. The summed E-state index contributed by atoms with van der Waals surface area (Å²) in [5.41, 5.74) is 11.7. The van der Waals surface area contributed by atoms with E-state index in [1.54, 1.807) is 6.07 Å². The summed E-state index contributed by atoms with van der Waals surface area (Å²) in [4.78, 5) is 3.83. The first-order valence-corrected chi connectivity index (χ1v) is 3.69. The van der Waals surface area contributed by atoms with Crippen LogP contribution in [-0.4, -0.2) is 4.98 Å². The van der Waals surface area contributed by atoms with Gasteiger partial charge in [-0.1, -0.05) is 19.9 Å². The largest absolute Gasteiger partial charge is 0.384 e. The van der Waals surface area contributed by atoms with E-state index in [9.17, 15) is 0 Å². The number of pyridine rings is 1. The zero-order valence-corrected chi connectivity index (χ0v) is 7.26. The highest BCUT2D eigenvalue weighted by molar-refractivity contribution is 5.44. The predicted octanol–water partition coefficient (Wildman–Crippen LogP) is 1.58. The molecule has 1 aromatic heterocycles. The van der Waals surface area contributed by atoms with Gasteiger partial charge >= 0.3 is 0 Å². The monoisotopic (exact) mass is 153 g/mol. The number of aromatic nitrogens is 1. The number of nitrogens with zero attached hydrogens (tertiary/aromatic N) is 1. The van der Waals surface area contributed by atoms with Crippen LogP contribution in [0.3, 0.4) is 0 Å². The van der Waals surface area contributed by atoms with Crippen molar-refractivity contribution >= 4 is 11.6 Å². The fourth-order valence-corrected chi connectivity index (χ4v) is 0.560. The first-order chi connectivity index (χ1) is 5.20. The highest BCUT2D eigenvalue weighted by atomic mass is 14.9. The van der Waals surface area contributed by atoms with Gasteiger partial charge in [0.2, 0.25) is 0 Å². The molecule has 3 nitrogen and oxygen atoms in total. The summed E-state index contributed by atoms with van der Waals surface area (Å²) >= 11 is 0. The van der Waals surface area contributed by atoms with Crippen LogP contribution >= 0.6 is 0 Å². The fourth-order valence-electron chi connectivity index (χ4n) is 0.560. The molecule has 0 unspecified atom stereocenters. The van der Waals surface area contributed by atoms with Crippen LogP contribution < -0.4 is 11.5 Å². The lowest BCUT2D eigenvalue weighted by Crippen LogP contribution is -1.97. The Morgan fingerprint density at radius 1 is 1.18 bits per heavy atom. The van der Waals surface area contributed by atoms with E-state index in [0.717, 1.165) is 5.56 Å². The maximum atomic E-state index is 5.43. The SMILES string of the molecule is CC.Cc1ccc(N)nc1N. The lowest BCUT2D eigenvalue weighted by atomic mass is 10.3. The summed E-state index contributed by atoms with van der Waals surface area (Å²) in [6, 6.07) is 3.57. The smallest absolute Gasteiger partial charge is 0.128 e. The van der Waals surface area contributed by atoms with Gasteiger partial charge in [-0.3, -0.25) is 0 Å². The topological polar surface area (TPSA) is 64.9 Å². The molecule has 0 saturated carbocycles. The average Bonchev–Trinajstić information content (AvgIpc) is 2.02. The maximum absolute atomic E-state index is 5.43. The number of hydrogen-bond donors (Lipinski definition) is 2. The lowest BCUT2D eigenvalue weighted by Gasteiger charge is -1.97. The van der Waals surface area contributed by atoms with Crippen molar-refractivity contribution in [1.29, 1.82) is 0 Å². The van der Waals surface area contributed by atoms with Crippen LogP contribution in [0.2, 0.25) is 0 Å². The van der Waals surface area contributed by atoms with Gasteiger partial charge in [-0.25, -0.2) is 4.98 Å². The Balaban J connectivity index is 0.000000461. The minimum Gasteiger partial charge on any atom is -0.384 e. The molecule has 1 rings (SSSR count). The molecule has 0 radical (unpaired) electrons. The van der Waals surface area contributed by atoms with Crippen molar-refractivity contribution in [2.24, 2.45) is 0 Å². The molecule has 0 atom stereocenters. The molecule has 0 aliphatic carbocycles. The molecule has 0 bridgehead atoms. The number of rotatable bonds is 0. The molecule has 0 aromatic carbocycles. The number of nitrogen functional groups attached to an aromatic ring is 2. The van der Waals surface area contributed by atoms with E-state index < -0.39 is 0 Å². The van der Waals surface area contributed by atoms with Crippen LogP contribution in [0.4, 0.5) is 11.6 Å². The minimum atomic E-state index is 0.470. The van der Waals surface area contributed by atoms with Gasteiger partial charge in [-0.15, -0.1) is 0 Å². The second-order valence-corrected chi connectivity index (χ2v) is 1.94. The molecule has 1 aromatic rings. The number of anilines is 2. The number of nitrogens with two attached hydrogens (primary N) is 2. The van der Waals surface area contributed by atoms with Crippen molar-refractivity contribution in [1.82, 2.24) is 4.98 Å². The van der Waals surface area contributed by atoms with Crippen LogP contribution in [0.1, 0.15) is 19.4 Å². The van der Waals surface area contributed by atoms with Gasteiger partial charge in [-0.05, 0) is 18.6 Å². The van der Waals surface area contributed by atoms with E-state index in [0.29, 0.717) is 11.6 Å². The predicted molar refractivity (Wildman–Crippen MR) is 49.1 cm³/mol. The van der Waals surface area contributed by atoms with E-state index in [4.69, 9.17) is 11.5 Å². The first-order valence-electron chi connectivity index (χ1n) is 3.69. The summed E-state index contributed by atoms with van der Waals surface area (Å²) in [6.45, 7) is 5.89. The Labute approximate surface area is 67.4 Å². The van der Waals surface area contributed by atoms with Gasteiger partial charge in [0.15, 0.2) is 0 Å². The standard InChI is InChI=1S/C6H9N3.C2H6/c1-4-2-3-5(7)9-6(4)8;1-2/h2-3H,1H3,(H4,7,8,9);1-2H3. The van der Waals surface area contributed by atoms with Crippen molar-refractivity contribution in [3.05, 3.63) is 17.7 Å². The third kappa shape index (κ3) is 2.89. The normalized spacial score (nSPS) is 8.27. The van der Waals surface area contributed by atoms with Gasteiger partial charge in [0.25, 0.3) is 0 Å². The lowest BCUT2D eigenvalue weighted by molar-refractivity contribution is 1.29. The summed E-state index contributed by atoms with van der Waals surface area (Å²) in [6.07, 6.45) is 0. The van der Waals surface area contributed by atoms with Gasteiger partial charge in [0.1, 0.15) is 11.6 Å². The molecular weight excluding hydrogens is 138 g/mol. The van der Waals surface area contributed by atoms with Crippen LogP contribution in [0, 0.1) is 6.92 Å². The summed E-state index contributed by atoms with van der Waals surface area (Å²) < 4.78 is 0. The van der Waals surface area contributed by atoms with Crippen molar-refractivity contribution in [2.45, 2.75) is 20.8 Å².